The van der Waals surface area contributed by atoms with Gasteiger partial charge in [-0.1, -0.05) is 4.41 Å². The van der Waals surface area contributed by atoms with E-state index in [4.69, 9.17) is 9.29 Å². The number of carbonyl (C=O) groups is 4. The zero-order valence-corrected chi connectivity index (χ0v) is 31.0. The fourth-order valence-electron chi connectivity index (χ4n) is 6.17. The van der Waals surface area contributed by atoms with Gasteiger partial charge in [0.2, 0.25) is 11.8 Å². The quantitative estimate of drug-likeness (QED) is 0.242. The number of hydrazine groups is 1. The van der Waals surface area contributed by atoms with Crippen molar-refractivity contribution in [2.45, 2.75) is 115 Å². The Morgan fingerprint density at radius 1 is 0.854 bits per heavy atom. The first kappa shape index (κ1) is 41.4. The molecular formula is C28H53N7O11S2. The Hall–Kier alpha value is -2.78. The molecule has 5 N–H and O–H groups in total. The minimum atomic E-state index is -4.42. The van der Waals surface area contributed by atoms with Gasteiger partial charge >= 0.3 is 22.5 Å². The molecular weight excluding hydrogens is 674 g/mol. The van der Waals surface area contributed by atoms with Crippen LogP contribution in [0, 0.1) is 11.8 Å². The van der Waals surface area contributed by atoms with Gasteiger partial charge in [0.25, 0.3) is 10.2 Å². The zero-order valence-electron chi connectivity index (χ0n) is 29.4. The molecule has 3 fully saturated rings. The van der Waals surface area contributed by atoms with E-state index in [0.717, 1.165) is 9.42 Å². The summed E-state index contributed by atoms with van der Waals surface area (Å²) in [6.07, 6.45) is 0.361. The van der Waals surface area contributed by atoms with Crippen LogP contribution in [0.25, 0.3) is 0 Å². The molecule has 20 heteroatoms. The number of ether oxygens (including phenoxy) is 1. The fraction of sp³-hybridized carbons (Fsp3) is 0.857. The lowest BCUT2D eigenvalue weighted by molar-refractivity contribution is -0.135. The topological polar surface area (TPSA) is 235 Å². The molecule has 3 rings (SSSR count). The molecule has 3 aliphatic rings. The van der Waals surface area contributed by atoms with E-state index in [1.807, 2.05) is 0 Å². The molecule has 3 unspecified atom stereocenters. The number of hydrogen-bond acceptors (Lipinski definition) is 9. The van der Waals surface area contributed by atoms with Crippen molar-refractivity contribution < 1.29 is 50.4 Å². The second-order valence-corrected chi connectivity index (χ2v) is 17.5. The molecule has 1 aliphatic heterocycles. The van der Waals surface area contributed by atoms with Crippen LogP contribution >= 0.6 is 0 Å². The van der Waals surface area contributed by atoms with Crippen LogP contribution in [-0.4, -0.2) is 133 Å². The predicted octanol–water partition coefficient (Wildman–Crippen LogP) is 0.984. The molecule has 278 valence electrons. The summed E-state index contributed by atoms with van der Waals surface area (Å²) in [7, 11) is -1.78. The van der Waals surface area contributed by atoms with Gasteiger partial charge in [-0.25, -0.2) is 14.6 Å². The maximum absolute atomic E-state index is 12.5. The lowest BCUT2D eigenvalue weighted by atomic mass is 9.82. The van der Waals surface area contributed by atoms with Gasteiger partial charge in [-0.2, -0.15) is 26.3 Å². The van der Waals surface area contributed by atoms with E-state index in [1.54, 1.807) is 69.7 Å². The van der Waals surface area contributed by atoms with Gasteiger partial charge in [0.15, 0.2) is 0 Å². The van der Waals surface area contributed by atoms with Crippen LogP contribution in [0.2, 0.25) is 0 Å². The highest BCUT2D eigenvalue weighted by molar-refractivity contribution is 7.87. The second-order valence-electron chi connectivity index (χ2n) is 14.8. The monoisotopic (exact) mass is 727 g/mol. The van der Waals surface area contributed by atoms with Crippen LogP contribution in [0.5, 0.6) is 0 Å². The first-order valence-corrected chi connectivity index (χ1v) is 18.5. The molecule has 48 heavy (non-hydrogen) atoms. The van der Waals surface area contributed by atoms with E-state index in [9.17, 15) is 41.1 Å². The van der Waals surface area contributed by atoms with Crippen LogP contribution in [0.15, 0.2) is 0 Å². The third-order valence-electron chi connectivity index (χ3n) is 8.09. The Bertz CT molecular complexity index is 1410. The number of alkyl carbamates (subject to hydrolysis) is 1. The number of fused-ring (bicyclic) bond motifs is 1. The SMILES string of the molecule is CN(C)C(=O)C1CCC2NS(=O)(=O)N(N(C(=O)O)C(C)(C)C)C2C1.CN(C)C(=O)[C@H]1CC[C@H](NS(=O)(=O)O)[C@H](NC(=O)OC(C)(C)C)C1. The van der Waals surface area contributed by atoms with Gasteiger partial charge in [-0.15, -0.1) is 0 Å². The molecule has 0 aromatic heterocycles. The van der Waals surface area contributed by atoms with Crippen molar-refractivity contribution in [2.75, 3.05) is 28.2 Å². The van der Waals surface area contributed by atoms with Crippen molar-refractivity contribution in [3.63, 3.8) is 0 Å². The number of carboxylic acid groups (broad SMARTS) is 1. The number of amides is 4. The van der Waals surface area contributed by atoms with E-state index >= 15 is 0 Å². The fourth-order valence-corrected chi connectivity index (χ4v) is 8.72. The van der Waals surface area contributed by atoms with Gasteiger partial charge in [0.1, 0.15) is 5.60 Å². The minimum Gasteiger partial charge on any atom is -0.464 e. The predicted molar refractivity (Wildman–Crippen MR) is 175 cm³/mol. The van der Waals surface area contributed by atoms with E-state index < -0.39 is 62.0 Å². The van der Waals surface area contributed by atoms with Gasteiger partial charge in [0.05, 0.1) is 11.6 Å². The smallest absolute Gasteiger partial charge is 0.423 e. The first-order chi connectivity index (χ1) is 21.6. The lowest BCUT2D eigenvalue weighted by Crippen LogP contribution is -2.60. The van der Waals surface area contributed by atoms with E-state index in [-0.39, 0.29) is 36.1 Å². The Labute approximate surface area is 283 Å². The van der Waals surface area contributed by atoms with Gasteiger partial charge in [-0.05, 0) is 80.1 Å². The Kier molecular flexibility index (Phi) is 13.3. The largest absolute Gasteiger partial charge is 0.464 e. The van der Waals surface area contributed by atoms with Crippen molar-refractivity contribution in [2.24, 2.45) is 11.8 Å². The summed E-state index contributed by atoms with van der Waals surface area (Å²) in [6, 6.07) is -2.35. The molecule has 1 heterocycles. The second kappa shape index (κ2) is 15.4. The van der Waals surface area contributed by atoms with Crippen LogP contribution in [0.3, 0.4) is 0 Å². The summed E-state index contributed by atoms with van der Waals surface area (Å²) in [6.45, 7) is 10.0. The standard InChI is InChI=1S/C14H26N4O5S.C14H27N3O6S/c1-14(2,3)17(13(20)21)18-11-8-9(12(19)16(4)5)6-7-10(11)15-24(18,22)23;1-14(2,3)23-13(19)15-11-8-9(12(18)17(4)5)6-7-10(11)16-24(20,21)22/h9-11,15H,6-8H2,1-5H3,(H,20,21);9-11,16H,6-8H2,1-5H3,(H,15,19)(H,20,21,22)/t;9-,10-,11+/m.0/s1. The average Bonchev–Trinajstić information content (AvgIpc) is 3.15. The third-order valence-corrected chi connectivity index (χ3v) is 10.2. The molecule has 0 bridgehead atoms. The van der Waals surface area contributed by atoms with Crippen LogP contribution < -0.4 is 14.8 Å². The van der Waals surface area contributed by atoms with E-state index in [2.05, 4.69) is 14.8 Å². The van der Waals surface area contributed by atoms with E-state index in [0.29, 0.717) is 32.1 Å². The molecule has 0 aromatic carbocycles. The van der Waals surface area contributed by atoms with Gasteiger partial charge in [0, 0.05) is 58.2 Å². The van der Waals surface area contributed by atoms with Crippen molar-refractivity contribution in [1.82, 2.24) is 34.0 Å². The number of hydrogen-bond donors (Lipinski definition) is 5. The lowest BCUT2D eigenvalue weighted by Gasteiger charge is -2.42. The molecule has 0 radical (unpaired) electrons. The highest BCUT2D eigenvalue weighted by atomic mass is 32.2. The highest BCUT2D eigenvalue weighted by Gasteiger charge is 2.54. The van der Waals surface area contributed by atoms with Gasteiger partial charge in [-0.3, -0.25) is 14.1 Å². The molecule has 6 atom stereocenters. The number of nitrogens with one attached hydrogen (secondary N) is 3. The van der Waals surface area contributed by atoms with Crippen molar-refractivity contribution in [1.29, 1.82) is 0 Å². The van der Waals surface area contributed by atoms with Crippen LogP contribution in [0.4, 0.5) is 9.59 Å². The molecule has 18 nitrogen and oxygen atoms in total. The van der Waals surface area contributed by atoms with Crippen molar-refractivity contribution >= 4 is 44.5 Å². The number of carbonyl (C=O) groups excluding carboxylic acids is 3. The zero-order chi connectivity index (χ0) is 37.2. The summed E-state index contributed by atoms with van der Waals surface area (Å²) >= 11 is 0. The van der Waals surface area contributed by atoms with Gasteiger partial charge < -0.3 is 25.0 Å². The summed E-state index contributed by atoms with van der Waals surface area (Å²) in [5, 5.41) is 13.0. The van der Waals surface area contributed by atoms with Crippen molar-refractivity contribution in [3.8, 4) is 0 Å². The molecule has 1 saturated heterocycles. The summed E-state index contributed by atoms with van der Waals surface area (Å²) in [4.78, 5) is 51.1. The van der Waals surface area contributed by atoms with Crippen LogP contribution in [-0.2, 0) is 34.8 Å². The molecule has 2 saturated carbocycles. The van der Waals surface area contributed by atoms with E-state index in [1.165, 1.54) is 9.80 Å². The minimum absolute atomic E-state index is 0.0599. The van der Waals surface area contributed by atoms with Crippen molar-refractivity contribution in [3.05, 3.63) is 0 Å². The Morgan fingerprint density at radius 2 is 1.35 bits per heavy atom. The maximum atomic E-state index is 12.5. The summed E-state index contributed by atoms with van der Waals surface area (Å²) in [5.74, 6) is -0.791. The van der Waals surface area contributed by atoms with Crippen LogP contribution in [0.1, 0.15) is 80.1 Å². The highest BCUT2D eigenvalue weighted by Crippen LogP contribution is 2.37. The Morgan fingerprint density at radius 3 is 1.79 bits per heavy atom. The number of nitrogens with zero attached hydrogens (tertiary/aromatic N) is 4. The first-order valence-electron chi connectivity index (χ1n) is 15.7. The normalized spacial score (nSPS) is 27.4. The molecule has 4 amide bonds. The summed E-state index contributed by atoms with van der Waals surface area (Å²) < 4.78 is 67.1. The Balaban J connectivity index is 0.000000333. The average molecular weight is 728 g/mol. The molecule has 0 spiro atoms. The maximum Gasteiger partial charge on any atom is 0.423 e. The summed E-state index contributed by atoms with van der Waals surface area (Å²) in [5.41, 5.74) is -1.64. The third kappa shape index (κ3) is 11.4. The molecule has 2 aliphatic carbocycles. The molecule has 0 aromatic rings. The number of rotatable bonds is 6.